The summed E-state index contributed by atoms with van der Waals surface area (Å²) >= 11 is 0. The van der Waals surface area contributed by atoms with Crippen molar-refractivity contribution in [2.24, 2.45) is 0 Å². The Bertz CT molecular complexity index is 985. The third-order valence-electron chi connectivity index (χ3n) is 5.94. The van der Waals surface area contributed by atoms with Crippen LogP contribution in [0.2, 0.25) is 0 Å². The van der Waals surface area contributed by atoms with Gasteiger partial charge in [0.2, 0.25) is 5.91 Å². The summed E-state index contributed by atoms with van der Waals surface area (Å²) in [7, 11) is 0. The lowest BCUT2D eigenvalue weighted by Crippen LogP contribution is -2.48. The van der Waals surface area contributed by atoms with Crippen LogP contribution < -0.4 is 10.2 Å². The molecule has 2 aromatic carbocycles. The molecule has 1 N–H and O–H groups in total. The molecule has 2 fully saturated rings. The van der Waals surface area contributed by atoms with Gasteiger partial charge in [-0.15, -0.1) is 0 Å². The van der Waals surface area contributed by atoms with Gasteiger partial charge < -0.3 is 10.1 Å². The number of nitrogens with one attached hydrogen (secondary N) is 1. The Hall–Kier alpha value is -3.26. The number of piperidine rings is 1. The Balaban J connectivity index is 1.36. The first kappa shape index (κ1) is 22.0. The molecule has 1 atom stereocenters. The molecule has 2 aliphatic heterocycles. The average molecular weight is 439 g/mol. The summed E-state index contributed by atoms with van der Waals surface area (Å²) in [6, 6.07) is 12.4. The van der Waals surface area contributed by atoms with Gasteiger partial charge in [-0.05, 0) is 68.3 Å². The largest absolute Gasteiger partial charge is 0.462 e. The van der Waals surface area contributed by atoms with Crippen molar-refractivity contribution in [1.82, 2.24) is 4.90 Å². The van der Waals surface area contributed by atoms with Crippen LogP contribution in [0.4, 0.5) is 15.8 Å². The van der Waals surface area contributed by atoms with Gasteiger partial charge >= 0.3 is 5.97 Å². The molecule has 2 saturated heterocycles. The van der Waals surface area contributed by atoms with E-state index in [-0.39, 0.29) is 36.7 Å². The van der Waals surface area contributed by atoms with Crippen LogP contribution in [-0.4, -0.2) is 54.5 Å². The standard InChI is InChI=1S/C24H26FN3O4/c1-2-32-24(31)16-3-9-20(10-4-16)28-22(29)15-21(23(28)30)27-13-11-19(12-14-27)26-18-7-5-17(25)6-8-18/h3-10,19,21,26H,2,11-15H2,1H3/t21-/m0/s1. The van der Waals surface area contributed by atoms with Crippen molar-refractivity contribution in [3.63, 3.8) is 0 Å². The molecule has 0 spiro atoms. The van der Waals surface area contributed by atoms with E-state index in [0.717, 1.165) is 18.5 Å². The number of amides is 2. The molecular weight excluding hydrogens is 413 g/mol. The second kappa shape index (κ2) is 9.48. The van der Waals surface area contributed by atoms with Crippen LogP contribution in [0.25, 0.3) is 0 Å². The van der Waals surface area contributed by atoms with E-state index >= 15 is 0 Å². The number of rotatable bonds is 6. The third-order valence-corrected chi connectivity index (χ3v) is 5.94. The lowest BCUT2D eigenvalue weighted by atomic mass is 10.0. The summed E-state index contributed by atoms with van der Waals surface area (Å²) in [5.41, 5.74) is 1.71. The molecule has 32 heavy (non-hydrogen) atoms. The maximum Gasteiger partial charge on any atom is 0.338 e. The van der Waals surface area contributed by atoms with Crippen molar-refractivity contribution in [2.45, 2.75) is 38.3 Å². The topological polar surface area (TPSA) is 79.0 Å². The average Bonchev–Trinajstić information content (AvgIpc) is 3.10. The minimum Gasteiger partial charge on any atom is -0.462 e. The predicted molar refractivity (Wildman–Crippen MR) is 118 cm³/mol. The van der Waals surface area contributed by atoms with Gasteiger partial charge in [-0.2, -0.15) is 0 Å². The van der Waals surface area contributed by atoms with Crippen LogP contribution in [0, 0.1) is 5.82 Å². The van der Waals surface area contributed by atoms with Crippen molar-refractivity contribution < 1.29 is 23.5 Å². The number of carbonyl (C=O) groups excluding carboxylic acids is 3. The lowest BCUT2D eigenvalue weighted by Gasteiger charge is -2.35. The molecule has 7 nitrogen and oxygen atoms in total. The van der Waals surface area contributed by atoms with Crippen molar-refractivity contribution in [1.29, 1.82) is 0 Å². The number of benzene rings is 2. The Kier molecular flexibility index (Phi) is 6.50. The number of likely N-dealkylation sites (tertiary alicyclic amines) is 1. The first-order chi connectivity index (χ1) is 15.5. The fraction of sp³-hybridized carbons (Fsp3) is 0.375. The molecule has 2 amide bonds. The van der Waals surface area contributed by atoms with Gasteiger partial charge in [0.25, 0.3) is 5.91 Å². The predicted octanol–water partition coefficient (Wildman–Crippen LogP) is 3.21. The minimum absolute atomic E-state index is 0.147. The monoisotopic (exact) mass is 439 g/mol. The molecule has 0 saturated carbocycles. The highest BCUT2D eigenvalue weighted by Gasteiger charge is 2.43. The summed E-state index contributed by atoms with van der Waals surface area (Å²) in [6.45, 7) is 3.40. The quantitative estimate of drug-likeness (QED) is 0.550. The van der Waals surface area contributed by atoms with Gasteiger partial charge in [-0.1, -0.05) is 0 Å². The maximum atomic E-state index is 13.1. The van der Waals surface area contributed by atoms with E-state index < -0.39 is 12.0 Å². The van der Waals surface area contributed by atoms with E-state index in [2.05, 4.69) is 10.2 Å². The molecule has 168 valence electrons. The van der Waals surface area contributed by atoms with Gasteiger partial charge in [0.1, 0.15) is 5.82 Å². The Morgan fingerprint density at radius 1 is 1.06 bits per heavy atom. The number of imide groups is 1. The van der Waals surface area contributed by atoms with E-state index in [9.17, 15) is 18.8 Å². The second-order valence-electron chi connectivity index (χ2n) is 8.02. The van der Waals surface area contributed by atoms with Crippen LogP contribution in [0.5, 0.6) is 0 Å². The first-order valence-corrected chi connectivity index (χ1v) is 10.9. The number of hydrogen-bond donors (Lipinski definition) is 1. The van der Waals surface area contributed by atoms with Crippen molar-refractivity contribution in [2.75, 3.05) is 29.9 Å². The number of anilines is 2. The fourth-order valence-corrected chi connectivity index (χ4v) is 4.27. The molecule has 0 aromatic heterocycles. The molecule has 0 unspecified atom stereocenters. The van der Waals surface area contributed by atoms with E-state index in [0.29, 0.717) is 24.3 Å². The smallest absolute Gasteiger partial charge is 0.338 e. The zero-order valence-corrected chi connectivity index (χ0v) is 17.9. The maximum absolute atomic E-state index is 13.1. The summed E-state index contributed by atoms with van der Waals surface area (Å²) in [6.07, 6.45) is 1.79. The molecule has 0 radical (unpaired) electrons. The van der Waals surface area contributed by atoms with Crippen molar-refractivity contribution in [3.05, 3.63) is 59.9 Å². The molecule has 4 rings (SSSR count). The summed E-state index contributed by atoms with van der Waals surface area (Å²) < 4.78 is 18.0. The van der Waals surface area contributed by atoms with Gasteiger partial charge in [-0.3, -0.25) is 14.5 Å². The molecule has 0 bridgehead atoms. The van der Waals surface area contributed by atoms with E-state index in [1.54, 1.807) is 43.3 Å². The second-order valence-corrected chi connectivity index (χ2v) is 8.02. The van der Waals surface area contributed by atoms with Crippen LogP contribution in [-0.2, 0) is 14.3 Å². The van der Waals surface area contributed by atoms with E-state index in [1.807, 2.05) is 0 Å². The molecule has 2 heterocycles. The van der Waals surface area contributed by atoms with E-state index in [1.165, 1.54) is 17.0 Å². The molecule has 2 aliphatic rings. The molecule has 8 heteroatoms. The third kappa shape index (κ3) is 4.65. The summed E-state index contributed by atoms with van der Waals surface area (Å²) in [5, 5.41) is 3.40. The van der Waals surface area contributed by atoms with E-state index in [4.69, 9.17) is 4.74 Å². The number of hydrogen-bond acceptors (Lipinski definition) is 6. The Labute approximate surface area is 186 Å². The van der Waals surface area contributed by atoms with Crippen LogP contribution >= 0.6 is 0 Å². The van der Waals surface area contributed by atoms with Crippen LogP contribution in [0.1, 0.15) is 36.5 Å². The highest BCUT2D eigenvalue weighted by atomic mass is 19.1. The first-order valence-electron chi connectivity index (χ1n) is 10.9. The number of esters is 1. The number of carbonyl (C=O) groups is 3. The Morgan fingerprint density at radius 3 is 2.34 bits per heavy atom. The van der Waals surface area contributed by atoms with Crippen molar-refractivity contribution in [3.8, 4) is 0 Å². The lowest BCUT2D eigenvalue weighted by molar-refractivity contribution is -0.123. The van der Waals surface area contributed by atoms with Gasteiger partial charge in [0.05, 0.1) is 30.3 Å². The van der Waals surface area contributed by atoms with Crippen LogP contribution in [0.15, 0.2) is 48.5 Å². The van der Waals surface area contributed by atoms with Gasteiger partial charge in [0.15, 0.2) is 0 Å². The normalized spacial score (nSPS) is 19.9. The van der Waals surface area contributed by atoms with Crippen molar-refractivity contribution >= 4 is 29.2 Å². The zero-order chi connectivity index (χ0) is 22.7. The van der Waals surface area contributed by atoms with Crippen LogP contribution in [0.3, 0.4) is 0 Å². The number of ether oxygens (including phenoxy) is 1. The highest BCUT2D eigenvalue weighted by Crippen LogP contribution is 2.28. The fourth-order valence-electron chi connectivity index (χ4n) is 4.27. The molecule has 0 aliphatic carbocycles. The molecule has 2 aromatic rings. The summed E-state index contributed by atoms with van der Waals surface area (Å²) in [4.78, 5) is 40.8. The SMILES string of the molecule is CCOC(=O)c1ccc(N2C(=O)C[C@H](N3CCC(Nc4ccc(F)cc4)CC3)C2=O)cc1. The van der Waals surface area contributed by atoms with Gasteiger partial charge in [-0.25, -0.2) is 14.1 Å². The summed E-state index contributed by atoms with van der Waals surface area (Å²) in [5.74, 6) is -1.18. The number of nitrogens with zero attached hydrogens (tertiary/aromatic N) is 2. The Morgan fingerprint density at radius 2 is 1.72 bits per heavy atom. The zero-order valence-electron chi connectivity index (χ0n) is 17.9. The highest BCUT2D eigenvalue weighted by molar-refractivity contribution is 6.22. The van der Waals surface area contributed by atoms with Gasteiger partial charge in [0, 0.05) is 24.8 Å². The minimum atomic E-state index is -0.473. The molecular formula is C24H26FN3O4. The number of halogens is 1.